The van der Waals surface area contributed by atoms with Crippen LogP contribution < -0.4 is 0 Å². The zero-order chi connectivity index (χ0) is 15.0. The van der Waals surface area contributed by atoms with E-state index in [2.05, 4.69) is 0 Å². The SMILES string of the molecule is CC(O)(COCc1ccccc1)COCc1ccccc1. The average molecular weight is 286 g/mol. The second-order valence-electron chi connectivity index (χ2n) is 5.45. The molecule has 0 bridgehead atoms. The van der Waals surface area contributed by atoms with Crippen LogP contribution in [0, 0.1) is 0 Å². The van der Waals surface area contributed by atoms with E-state index in [1.807, 2.05) is 60.7 Å². The summed E-state index contributed by atoms with van der Waals surface area (Å²) in [6, 6.07) is 19.8. The molecule has 112 valence electrons. The minimum atomic E-state index is -0.983. The van der Waals surface area contributed by atoms with Crippen LogP contribution in [0.1, 0.15) is 18.1 Å². The number of benzene rings is 2. The topological polar surface area (TPSA) is 38.7 Å². The molecule has 0 aromatic heterocycles. The van der Waals surface area contributed by atoms with E-state index in [-0.39, 0.29) is 13.2 Å². The van der Waals surface area contributed by atoms with Crippen molar-refractivity contribution in [1.82, 2.24) is 0 Å². The Labute approximate surface area is 126 Å². The molecule has 0 saturated carbocycles. The summed E-state index contributed by atoms with van der Waals surface area (Å²) in [4.78, 5) is 0. The number of hydrogen-bond donors (Lipinski definition) is 1. The highest BCUT2D eigenvalue weighted by atomic mass is 16.5. The molecule has 1 N–H and O–H groups in total. The van der Waals surface area contributed by atoms with Gasteiger partial charge in [0.15, 0.2) is 0 Å². The molecule has 2 rings (SSSR count). The Morgan fingerprint density at radius 3 is 1.52 bits per heavy atom. The molecule has 0 amide bonds. The van der Waals surface area contributed by atoms with Gasteiger partial charge in [0.1, 0.15) is 5.60 Å². The zero-order valence-electron chi connectivity index (χ0n) is 12.4. The molecule has 0 aliphatic carbocycles. The highest BCUT2D eigenvalue weighted by Crippen LogP contribution is 2.09. The first kappa shape index (κ1) is 15.7. The first-order valence-corrected chi connectivity index (χ1v) is 7.11. The number of ether oxygens (including phenoxy) is 2. The maximum atomic E-state index is 10.2. The Bertz CT molecular complexity index is 461. The molecule has 0 radical (unpaired) electrons. The van der Waals surface area contributed by atoms with Crippen LogP contribution in [0.4, 0.5) is 0 Å². The third-order valence-electron chi connectivity index (χ3n) is 3.05. The van der Waals surface area contributed by atoms with Crippen molar-refractivity contribution in [2.75, 3.05) is 13.2 Å². The smallest absolute Gasteiger partial charge is 0.108 e. The van der Waals surface area contributed by atoms with Crippen LogP contribution in [-0.2, 0) is 22.7 Å². The molecule has 0 aliphatic heterocycles. The number of hydrogen-bond acceptors (Lipinski definition) is 3. The second kappa shape index (κ2) is 7.93. The fraction of sp³-hybridized carbons (Fsp3) is 0.333. The van der Waals surface area contributed by atoms with E-state index in [1.165, 1.54) is 0 Å². The fourth-order valence-corrected chi connectivity index (χ4v) is 1.97. The van der Waals surface area contributed by atoms with Crippen LogP contribution in [0.25, 0.3) is 0 Å². The molecule has 0 atom stereocenters. The van der Waals surface area contributed by atoms with Crippen molar-refractivity contribution >= 4 is 0 Å². The Morgan fingerprint density at radius 2 is 1.14 bits per heavy atom. The van der Waals surface area contributed by atoms with Gasteiger partial charge in [-0.15, -0.1) is 0 Å². The highest BCUT2D eigenvalue weighted by Gasteiger charge is 2.21. The van der Waals surface area contributed by atoms with E-state index in [9.17, 15) is 5.11 Å². The first-order chi connectivity index (χ1) is 10.2. The zero-order valence-corrected chi connectivity index (χ0v) is 12.4. The van der Waals surface area contributed by atoms with Crippen LogP contribution in [-0.4, -0.2) is 23.9 Å². The molecule has 0 heterocycles. The summed E-state index contributed by atoms with van der Waals surface area (Å²) >= 11 is 0. The van der Waals surface area contributed by atoms with Gasteiger partial charge >= 0.3 is 0 Å². The molecule has 0 spiro atoms. The summed E-state index contributed by atoms with van der Waals surface area (Å²) in [6.07, 6.45) is 0. The lowest BCUT2D eigenvalue weighted by atomic mass is 10.1. The van der Waals surface area contributed by atoms with E-state index in [1.54, 1.807) is 6.92 Å². The van der Waals surface area contributed by atoms with Gasteiger partial charge in [0.25, 0.3) is 0 Å². The minimum Gasteiger partial charge on any atom is -0.385 e. The van der Waals surface area contributed by atoms with Crippen LogP contribution in [0.15, 0.2) is 60.7 Å². The molecule has 0 fully saturated rings. The molecule has 3 heteroatoms. The summed E-state index contributed by atoms with van der Waals surface area (Å²) in [6.45, 7) is 3.21. The maximum Gasteiger partial charge on any atom is 0.108 e. The largest absolute Gasteiger partial charge is 0.385 e. The number of rotatable bonds is 8. The lowest BCUT2D eigenvalue weighted by Gasteiger charge is -2.23. The highest BCUT2D eigenvalue weighted by molar-refractivity contribution is 5.14. The monoisotopic (exact) mass is 286 g/mol. The number of aliphatic hydroxyl groups is 1. The molecule has 2 aromatic rings. The Hall–Kier alpha value is -1.68. The van der Waals surface area contributed by atoms with Crippen LogP contribution in [0.2, 0.25) is 0 Å². The van der Waals surface area contributed by atoms with Gasteiger partial charge in [-0.1, -0.05) is 60.7 Å². The summed E-state index contributed by atoms with van der Waals surface area (Å²) in [5.41, 5.74) is 1.21. The predicted molar refractivity (Wildman–Crippen MR) is 82.8 cm³/mol. The standard InChI is InChI=1S/C18H22O3/c1-18(19,14-20-12-16-8-4-2-5-9-16)15-21-13-17-10-6-3-7-11-17/h2-11,19H,12-15H2,1H3. The summed E-state index contributed by atoms with van der Waals surface area (Å²) in [5.74, 6) is 0. The Morgan fingerprint density at radius 1 is 0.762 bits per heavy atom. The summed E-state index contributed by atoms with van der Waals surface area (Å²) < 4.78 is 11.1. The van der Waals surface area contributed by atoms with E-state index in [4.69, 9.17) is 9.47 Å². The quantitative estimate of drug-likeness (QED) is 0.810. The molecule has 21 heavy (non-hydrogen) atoms. The van der Waals surface area contributed by atoms with Crippen molar-refractivity contribution < 1.29 is 14.6 Å². The van der Waals surface area contributed by atoms with Crippen molar-refractivity contribution in [3.8, 4) is 0 Å². The van der Waals surface area contributed by atoms with Crippen molar-refractivity contribution in [2.24, 2.45) is 0 Å². The molecular weight excluding hydrogens is 264 g/mol. The molecule has 0 aliphatic rings. The average Bonchev–Trinajstić information content (AvgIpc) is 2.49. The normalized spacial score (nSPS) is 11.5. The molecule has 0 unspecified atom stereocenters. The van der Waals surface area contributed by atoms with Gasteiger partial charge in [-0.2, -0.15) is 0 Å². The summed E-state index contributed by atoms with van der Waals surface area (Å²) in [7, 11) is 0. The minimum absolute atomic E-state index is 0.247. The van der Waals surface area contributed by atoms with Crippen LogP contribution in [0.5, 0.6) is 0 Å². The fourth-order valence-electron chi connectivity index (χ4n) is 1.97. The van der Waals surface area contributed by atoms with Crippen molar-refractivity contribution in [1.29, 1.82) is 0 Å². The molecular formula is C18H22O3. The van der Waals surface area contributed by atoms with Gasteiger partial charge < -0.3 is 14.6 Å². The van der Waals surface area contributed by atoms with Gasteiger partial charge in [-0.25, -0.2) is 0 Å². The molecule has 2 aromatic carbocycles. The Kier molecular flexibility index (Phi) is 5.93. The molecule has 3 nitrogen and oxygen atoms in total. The third-order valence-corrected chi connectivity index (χ3v) is 3.05. The summed E-state index contributed by atoms with van der Waals surface area (Å²) in [5, 5.41) is 10.2. The lowest BCUT2D eigenvalue weighted by Crippen LogP contribution is -2.36. The van der Waals surface area contributed by atoms with Gasteiger partial charge in [0, 0.05) is 0 Å². The predicted octanol–water partition coefficient (Wildman–Crippen LogP) is 3.17. The van der Waals surface area contributed by atoms with Gasteiger partial charge in [0.05, 0.1) is 26.4 Å². The van der Waals surface area contributed by atoms with Crippen molar-refractivity contribution in [3.63, 3.8) is 0 Å². The van der Waals surface area contributed by atoms with Gasteiger partial charge in [-0.05, 0) is 18.1 Å². The third kappa shape index (κ3) is 6.08. The van der Waals surface area contributed by atoms with Crippen LogP contribution in [0.3, 0.4) is 0 Å². The van der Waals surface area contributed by atoms with E-state index in [0.717, 1.165) is 11.1 Å². The van der Waals surface area contributed by atoms with E-state index < -0.39 is 5.60 Å². The Balaban J connectivity index is 1.67. The molecule has 0 saturated heterocycles. The van der Waals surface area contributed by atoms with E-state index >= 15 is 0 Å². The van der Waals surface area contributed by atoms with Gasteiger partial charge in [-0.3, -0.25) is 0 Å². The van der Waals surface area contributed by atoms with Crippen molar-refractivity contribution in [3.05, 3.63) is 71.8 Å². The first-order valence-electron chi connectivity index (χ1n) is 7.11. The lowest BCUT2D eigenvalue weighted by molar-refractivity contribution is -0.0911. The van der Waals surface area contributed by atoms with Gasteiger partial charge in [0.2, 0.25) is 0 Å². The maximum absolute atomic E-state index is 10.2. The second-order valence-corrected chi connectivity index (χ2v) is 5.45. The van der Waals surface area contributed by atoms with Crippen molar-refractivity contribution in [2.45, 2.75) is 25.7 Å². The van der Waals surface area contributed by atoms with E-state index in [0.29, 0.717) is 13.2 Å². The van der Waals surface area contributed by atoms with Crippen LogP contribution >= 0.6 is 0 Å².